The van der Waals surface area contributed by atoms with Crippen molar-refractivity contribution in [2.75, 3.05) is 6.54 Å². The number of primary amides is 1. The number of benzene rings is 1. The van der Waals surface area contributed by atoms with Crippen LogP contribution in [0.25, 0.3) is 0 Å². The molecule has 4 atom stereocenters. The topological polar surface area (TPSA) is 257 Å². The van der Waals surface area contributed by atoms with Crippen LogP contribution in [0.1, 0.15) is 50.5 Å². The van der Waals surface area contributed by atoms with Crippen LogP contribution in [0.3, 0.4) is 0 Å². The summed E-state index contributed by atoms with van der Waals surface area (Å²) in [4.78, 5) is 72.6. The average molecular weight is 551 g/mol. The van der Waals surface area contributed by atoms with Crippen molar-refractivity contribution < 1.29 is 39.0 Å². The van der Waals surface area contributed by atoms with Crippen molar-refractivity contribution in [1.82, 2.24) is 16.0 Å². The van der Waals surface area contributed by atoms with Gasteiger partial charge in [0.15, 0.2) is 0 Å². The van der Waals surface area contributed by atoms with Gasteiger partial charge >= 0.3 is 11.9 Å². The summed E-state index contributed by atoms with van der Waals surface area (Å²) < 4.78 is 0. The van der Waals surface area contributed by atoms with Gasteiger partial charge in [-0.05, 0) is 37.8 Å². The molecule has 0 spiro atoms. The molecule has 14 heteroatoms. The number of hydrogen-bond donors (Lipinski definition) is 8. The molecule has 216 valence electrons. The van der Waals surface area contributed by atoms with Gasteiger partial charge in [-0.25, -0.2) is 4.79 Å². The first-order chi connectivity index (χ1) is 18.4. The average Bonchev–Trinajstić information content (AvgIpc) is 2.88. The van der Waals surface area contributed by atoms with Crippen molar-refractivity contribution in [2.24, 2.45) is 17.2 Å². The van der Waals surface area contributed by atoms with Crippen LogP contribution in [0.5, 0.6) is 0 Å². The van der Waals surface area contributed by atoms with E-state index in [1.54, 1.807) is 30.3 Å². The number of carbonyl (C=O) groups is 6. The van der Waals surface area contributed by atoms with Crippen LogP contribution in [-0.4, -0.2) is 76.5 Å². The highest BCUT2D eigenvalue weighted by Crippen LogP contribution is 2.08. The summed E-state index contributed by atoms with van der Waals surface area (Å²) in [5, 5.41) is 25.7. The lowest BCUT2D eigenvalue weighted by Crippen LogP contribution is -2.57. The second-order valence-electron chi connectivity index (χ2n) is 9.04. The Labute approximate surface area is 226 Å². The molecular weight excluding hydrogens is 512 g/mol. The van der Waals surface area contributed by atoms with Crippen molar-refractivity contribution in [1.29, 1.82) is 0 Å². The summed E-state index contributed by atoms with van der Waals surface area (Å²) in [6.07, 6.45) is 0.167. The molecule has 0 heterocycles. The van der Waals surface area contributed by atoms with Crippen LogP contribution in [0, 0.1) is 0 Å². The van der Waals surface area contributed by atoms with Gasteiger partial charge in [-0.3, -0.25) is 24.0 Å². The lowest BCUT2D eigenvalue weighted by molar-refractivity contribution is -0.143. The Hall–Kier alpha value is -4.04. The van der Waals surface area contributed by atoms with Gasteiger partial charge in [0, 0.05) is 19.3 Å². The Morgan fingerprint density at radius 1 is 0.744 bits per heavy atom. The molecular formula is C25H38N6O8. The summed E-state index contributed by atoms with van der Waals surface area (Å²) in [6.45, 7) is 0.443. The van der Waals surface area contributed by atoms with E-state index in [1.165, 1.54) is 0 Å². The molecule has 0 fully saturated rings. The Kier molecular flexibility index (Phi) is 14.8. The van der Waals surface area contributed by atoms with Gasteiger partial charge in [0.2, 0.25) is 23.6 Å². The zero-order valence-corrected chi connectivity index (χ0v) is 21.6. The molecule has 11 N–H and O–H groups in total. The lowest BCUT2D eigenvalue weighted by atomic mass is 10.0. The van der Waals surface area contributed by atoms with Crippen LogP contribution in [0.15, 0.2) is 30.3 Å². The van der Waals surface area contributed by atoms with E-state index in [4.69, 9.17) is 22.3 Å². The molecule has 4 unspecified atom stereocenters. The highest BCUT2D eigenvalue weighted by atomic mass is 16.4. The fraction of sp³-hybridized carbons (Fsp3) is 0.520. The molecule has 0 aliphatic rings. The summed E-state index contributed by atoms with van der Waals surface area (Å²) in [6, 6.07) is 3.70. The van der Waals surface area contributed by atoms with Crippen LogP contribution in [-0.2, 0) is 35.2 Å². The highest BCUT2D eigenvalue weighted by Gasteiger charge is 2.31. The third kappa shape index (κ3) is 13.4. The zero-order chi connectivity index (χ0) is 29.4. The highest BCUT2D eigenvalue weighted by molar-refractivity contribution is 5.94. The number of nitrogens with two attached hydrogens (primary N) is 3. The maximum atomic E-state index is 13.3. The normalized spacial score (nSPS) is 13.8. The van der Waals surface area contributed by atoms with E-state index < -0.39 is 66.2 Å². The first-order valence-corrected chi connectivity index (χ1v) is 12.6. The van der Waals surface area contributed by atoms with Crippen LogP contribution in [0.2, 0.25) is 0 Å². The number of hydrogen-bond acceptors (Lipinski definition) is 8. The zero-order valence-electron chi connectivity index (χ0n) is 21.6. The van der Waals surface area contributed by atoms with Crippen LogP contribution < -0.4 is 33.2 Å². The molecule has 39 heavy (non-hydrogen) atoms. The van der Waals surface area contributed by atoms with Gasteiger partial charge < -0.3 is 43.4 Å². The third-order valence-electron chi connectivity index (χ3n) is 5.80. The molecule has 0 aliphatic heterocycles. The van der Waals surface area contributed by atoms with E-state index in [0.29, 0.717) is 31.4 Å². The summed E-state index contributed by atoms with van der Waals surface area (Å²) >= 11 is 0. The van der Waals surface area contributed by atoms with E-state index in [2.05, 4.69) is 16.0 Å². The number of carboxylic acid groups (broad SMARTS) is 2. The SMILES string of the molecule is NCCCCC(N)C(=O)NC(Cc1ccccc1)C(=O)NC(CCC(=O)O)C(=O)NC(CCC(N)=O)C(=O)O. The largest absolute Gasteiger partial charge is 0.481 e. The predicted octanol–water partition coefficient (Wildman–Crippen LogP) is -1.65. The summed E-state index contributed by atoms with van der Waals surface area (Å²) in [7, 11) is 0. The van der Waals surface area contributed by atoms with Crippen molar-refractivity contribution in [3.63, 3.8) is 0 Å². The van der Waals surface area contributed by atoms with Crippen LogP contribution >= 0.6 is 0 Å². The molecule has 1 aromatic carbocycles. The predicted molar refractivity (Wildman–Crippen MR) is 140 cm³/mol. The van der Waals surface area contributed by atoms with E-state index >= 15 is 0 Å². The van der Waals surface area contributed by atoms with Gasteiger partial charge in [-0.15, -0.1) is 0 Å². The minimum Gasteiger partial charge on any atom is -0.481 e. The smallest absolute Gasteiger partial charge is 0.326 e. The Bertz CT molecular complexity index is 990. The maximum Gasteiger partial charge on any atom is 0.326 e. The van der Waals surface area contributed by atoms with Gasteiger partial charge in [-0.1, -0.05) is 36.8 Å². The monoisotopic (exact) mass is 550 g/mol. The van der Waals surface area contributed by atoms with Gasteiger partial charge in [0.25, 0.3) is 0 Å². The third-order valence-corrected chi connectivity index (χ3v) is 5.80. The Morgan fingerprint density at radius 3 is 1.87 bits per heavy atom. The van der Waals surface area contributed by atoms with E-state index in [9.17, 15) is 33.9 Å². The number of nitrogens with one attached hydrogen (secondary N) is 3. The van der Waals surface area contributed by atoms with E-state index in [0.717, 1.165) is 0 Å². The fourth-order valence-corrected chi connectivity index (χ4v) is 3.60. The minimum absolute atomic E-state index is 0.0393. The van der Waals surface area contributed by atoms with E-state index in [1.807, 2.05) is 0 Å². The maximum absolute atomic E-state index is 13.3. The fourth-order valence-electron chi connectivity index (χ4n) is 3.60. The van der Waals surface area contributed by atoms with Crippen molar-refractivity contribution in [2.45, 2.75) is 75.5 Å². The summed E-state index contributed by atoms with van der Waals surface area (Å²) in [5.74, 6) is -5.81. The van der Waals surface area contributed by atoms with Gasteiger partial charge in [0.1, 0.15) is 18.1 Å². The second kappa shape index (κ2) is 17.5. The summed E-state index contributed by atoms with van der Waals surface area (Å²) in [5.41, 5.74) is 17.2. The minimum atomic E-state index is -1.50. The lowest BCUT2D eigenvalue weighted by Gasteiger charge is -2.25. The molecule has 0 saturated heterocycles. The van der Waals surface area contributed by atoms with Crippen LogP contribution in [0.4, 0.5) is 0 Å². The Balaban J connectivity index is 3.09. The molecule has 0 bridgehead atoms. The van der Waals surface area contributed by atoms with Gasteiger partial charge in [-0.2, -0.15) is 0 Å². The number of amides is 4. The first-order valence-electron chi connectivity index (χ1n) is 12.6. The van der Waals surface area contributed by atoms with Crippen molar-refractivity contribution >= 4 is 35.6 Å². The quantitative estimate of drug-likeness (QED) is 0.0910. The molecule has 4 amide bonds. The number of rotatable bonds is 19. The number of carbonyl (C=O) groups excluding carboxylic acids is 4. The standard InChI is InChI=1S/C25H38N6O8/c26-13-5-4-8-16(27)22(35)31-19(14-15-6-2-1-3-7-15)24(37)29-17(10-12-21(33)34)23(36)30-18(25(38)39)9-11-20(28)32/h1-3,6-7,16-19H,4-5,8-14,26-27H2,(H2,28,32)(H,29,37)(H,30,36)(H,31,35)(H,33,34)(H,38,39). The van der Waals surface area contributed by atoms with Crippen molar-refractivity contribution in [3.8, 4) is 0 Å². The Morgan fingerprint density at radius 2 is 1.31 bits per heavy atom. The number of unbranched alkanes of at least 4 members (excludes halogenated alkanes) is 1. The molecule has 0 saturated carbocycles. The molecule has 0 aliphatic carbocycles. The molecule has 1 rings (SSSR count). The molecule has 0 aromatic heterocycles. The van der Waals surface area contributed by atoms with Gasteiger partial charge in [0.05, 0.1) is 6.04 Å². The number of carboxylic acids is 2. The first kappa shape index (κ1) is 33.0. The molecule has 1 aromatic rings. The molecule has 0 radical (unpaired) electrons. The van der Waals surface area contributed by atoms with E-state index in [-0.39, 0.29) is 25.7 Å². The molecule has 14 nitrogen and oxygen atoms in total. The number of aliphatic carboxylic acids is 2. The second-order valence-corrected chi connectivity index (χ2v) is 9.04. The van der Waals surface area contributed by atoms with Crippen molar-refractivity contribution in [3.05, 3.63) is 35.9 Å².